The first-order valence-corrected chi connectivity index (χ1v) is 9.28. The van der Waals surface area contributed by atoms with Gasteiger partial charge in [0.25, 0.3) is 12.4 Å². The van der Waals surface area contributed by atoms with E-state index in [1.807, 2.05) is 19.0 Å². The van der Waals surface area contributed by atoms with Crippen molar-refractivity contribution in [2.75, 3.05) is 33.7 Å². The molecule has 2 aliphatic rings. The van der Waals surface area contributed by atoms with Crippen LogP contribution in [0.25, 0.3) is 0 Å². The molecule has 2 aliphatic heterocycles. The van der Waals surface area contributed by atoms with Crippen LogP contribution < -0.4 is 0 Å². The number of esters is 1. The third kappa shape index (κ3) is 4.99. The number of hydrogen-bond donors (Lipinski definition) is 1. The average Bonchev–Trinajstić information content (AvgIpc) is 2.90. The van der Waals surface area contributed by atoms with Crippen molar-refractivity contribution in [1.29, 1.82) is 0 Å². The van der Waals surface area contributed by atoms with Crippen LogP contribution in [0.15, 0.2) is 18.2 Å². The summed E-state index contributed by atoms with van der Waals surface area (Å²) in [6.07, 6.45) is 1.78. The van der Waals surface area contributed by atoms with Crippen LogP contribution in [0.5, 0.6) is 0 Å². The molecule has 1 unspecified atom stereocenters. The number of piperidine rings is 1. The fourth-order valence-electron chi connectivity index (χ4n) is 3.73. The Hall–Kier alpha value is -2.19. The standard InChI is InChI=1S/C18H22ClFN2O3.CH2O2/c1-21(2)11-13-10-18(17(24)25-13)5-7-22(8-6-18)16(23)14-4-3-12(20)9-15(14)19;2-1-3/h3-4,9,13H,5-8,10-11H2,1-2H3;1H,(H,2,3). The Kier molecular flexibility index (Phi) is 7.37. The van der Waals surface area contributed by atoms with Crippen LogP contribution >= 0.6 is 11.6 Å². The number of likely N-dealkylation sites (tertiary alicyclic amines) is 1. The number of cyclic esters (lactones) is 1. The molecular formula is C19H24ClFN2O5. The first-order chi connectivity index (χ1) is 13.2. The summed E-state index contributed by atoms with van der Waals surface area (Å²) in [7, 11) is 3.90. The molecule has 2 saturated heterocycles. The zero-order valence-corrected chi connectivity index (χ0v) is 16.6. The Morgan fingerprint density at radius 1 is 1.43 bits per heavy atom. The van der Waals surface area contributed by atoms with Crippen LogP contribution in [0, 0.1) is 11.2 Å². The summed E-state index contributed by atoms with van der Waals surface area (Å²) in [6.45, 7) is 1.40. The first kappa shape index (κ1) is 22.1. The second-order valence-corrected chi connectivity index (χ2v) is 7.70. The first-order valence-electron chi connectivity index (χ1n) is 8.90. The number of ether oxygens (including phenoxy) is 1. The monoisotopic (exact) mass is 414 g/mol. The quantitative estimate of drug-likeness (QED) is 0.603. The predicted molar refractivity (Wildman–Crippen MR) is 101 cm³/mol. The van der Waals surface area contributed by atoms with Crippen LogP contribution in [0.3, 0.4) is 0 Å². The lowest BCUT2D eigenvalue weighted by Crippen LogP contribution is -2.45. The second kappa shape index (κ2) is 9.34. The normalized spacial score (nSPS) is 20.5. The number of hydrogen-bond acceptors (Lipinski definition) is 5. The Balaban J connectivity index is 0.000000878. The van der Waals surface area contributed by atoms with E-state index in [0.717, 1.165) is 6.07 Å². The smallest absolute Gasteiger partial charge is 0.312 e. The molecule has 1 atom stereocenters. The van der Waals surface area contributed by atoms with Gasteiger partial charge in [-0.1, -0.05) is 11.6 Å². The number of carboxylic acid groups (broad SMARTS) is 1. The maximum absolute atomic E-state index is 13.2. The molecule has 7 nitrogen and oxygen atoms in total. The van der Waals surface area contributed by atoms with Crippen molar-refractivity contribution < 1.29 is 28.6 Å². The third-order valence-corrected chi connectivity index (χ3v) is 5.38. The molecule has 154 valence electrons. The van der Waals surface area contributed by atoms with Crippen LogP contribution in [0.4, 0.5) is 4.39 Å². The summed E-state index contributed by atoms with van der Waals surface area (Å²) < 4.78 is 18.7. The molecule has 1 N–H and O–H groups in total. The minimum absolute atomic E-state index is 0.0868. The van der Waals surface area contributed by atoms with Gasteiger partial charge in [0.1, 0.15) is 11.9 Å². The molecule has 0 radical (unpaired) electrons. The molecule has 9 heteroatoms. The van der Waals surface area contributed by atoms with Gasteiger partial charge >= 0.3 is 5.97 Å². The van der Waals surface area contributed by atoms with E-state index in [-0.39, 0.29) is 29.5 Å². The lowest BCUT2D eigenvalue weighted by Gasteiger charge is -2.36. The van der Waals surface area contributed by atoms with E-state index >= 15 is 0 Å². The van der Waals surface area contributed by atoms with Gasteiger partial charge in [0.05, 0.1) is 16.0 Å². The summed E-state index contributed by atoms with van der Waals surface area (Å²) in [4.78, 5) is 37.0. The summed E-state index contributed by atoms with van der Waals surface area (Å²) in [6, 6.07) is 3.77. The zero-order chi connectivity index (χ0) is 20.9. The molecule has 2 fully saturated rings. The molecule has 2 heterocycles. The lowest BCUT2D eigenvalue weighted by molar-refractivity contribution is -0.150. The van der Waals surface area contributed by atoms with Crippen LogP contribution in [-0.4, -0.2) is 73.1 Å². The molecule has 1 spiro atoms. The van der Waals surface area contributed by atoms with Gasteiger partial charge in [-0.3, -0.25) is 14.4 Å². The van der Waals surface area contributed by atoms with Gasteiger partial charge in [0, 0.05) is 26.1 Å². The Morgan fingerprint density at radius 2 is 2.04 bits per heavy atom. The molecule has 28 heavy (non-hydrogen) atoms. The number of carbonyl (C=O) groups is 3. The highest BCUT2D eigenvalue weighted by Gasteiger charge is 2.50. The molecule has 0 aliphatic carbocycles. The van der Waals surface area contributed by atoms with E-state index < -0.39 is 11.2 Å². The number of amides is 1. The molecule has 0 aromatic heterocycles. The second-order valence-electron chi connectivity index (χ2n) is 7.30. The van der Waals surface area contributed by atoms with Crippen molar-refractivity contribution in [3.05, 3.63) is 34.6 Å². The van der Waals surface area contributed by atoms with Crippen molar-refractivity contribution in [3.8, 4) is 0 Å². The van der Waals surface area contributed by atoms with Crippen LogP contribution in [-0.2, 0) is 14.3 Å². The Bertz CT molecular complexity index is 735. The molecule has 0 saturated carbocycles. The van der Waals surface area contributed by atoms with E-state index in [1.54, 1.807) is 4.90 Å². The summed E-state index contributed by atoms with van der Waals surface area (Å²) >= 11 is 5.99. The fourth-order valence-corrected chi connectivity index (χ4v) is 3.97. The van der Waals surface area contributed by atoms with Gasteiger partial charge in [-0.05, 0) is 45.1 Å². The van der Waals surface area contributed by atoms with Gasteiger partial charge < -0.3 is 19.6 Å². The van der Waals surface area contributed by atoms with Crippen molar-refractivity contribution >= 4 is 29.9 Å². The lowest BCUT2D eigenvalue weighted by atomic mass is 9.76. The van der Waals surface area contributed by atoms with E-state index in [4.69, 9.17) is 26.2 Å². The fraction of sp³-hybridized carbons (Fsp3) is 0.526. The minimum atomic E-state index is -0.482. The topological polar surface area (TPSA) is 87.2 Å². The number of carbonyl (C=O) groups excluding carboxylic acids is 2. The van der Waals surface area contributed by atoms with Gasteiger partial charge in [0.15, 0.2) is 0 Å². The van der Waals surface area contributed by atoms with E-state index in [0.29, 0.717) is 44.5 Å². The number of likely N-dealkylation sites (N-methyl/N-ethyl adjacent to an activating group) is 1. The highest BCUT2D eigenvalue weighted by atomic mass is 35.5. The van der Waals surface area contributed by atoms with Crippen LogP contribution in [0.1, 0.15) is 29.6 Å². The molecule has 1 amide bonds. The molecule has 0 bridgehead atoms. The Morgan fingerprint density at radius 3 is 2.57 bits per heavy atom. The van der Waals surface area contributed by atoms with E-state index in [9.17, 15) is 14.0 Å². The highest BCUT2D eigenvalue weighted by Crippen LogP contribution is 2.43. The molecule has 1 aromatic rings. The van der Waals surface area contributed by atoms with Crippen molar-refractivity contribution in [1.82, 2.24) is 9.80 Å². The number of rotatable bonds is 3. The van der Waals surface area contributed by atoms with Crippen LogP contribution in [0.2, 0.25) is 5.02 Å². The van der Waals surface area contributed by atoms with Gasteiger partial charge in [-0.25, -0.2) is 4.39 Å². The SMILES string of the molecule is CN(C)CC1CC2(CCN(C(=O)c3ccc(F)cc3Cl)CC2)C(=O)O1.O=CO. The minimum Gasteiger partial charge on any atom is -0.483 e. The summed E-state index contributed by atoms with van der Waals surface area (Å²) in [5.74, 6) is -0.845. The van der Waals surface area contributed by atoms with Gasteiger partial charge in [0.2, 0.25) is 0 Å². The summed E-state index contributed by atoms with van der Waals surface area (Å²) in [5, 5.41) is 7.00. The maximum atomic E-state index is 13.2. The van der Waals surface area contributed by atoms with Gasteiger partial charge in [-0.15, -0.1) is 0 Å². The number of benzene rings is 1. The number of halogens is 2. The van der Waals surface area contributed by atoms with Gasteiger partial charge in [-0.2, -0.15) is 0 Å². The molecule has 1 aromatic carbocycles. The maximum Gasteiger partial charge on any atom is 0.312 e. The average molecular weight is 415 g/mol. The Labute approximate surface area is 168 Å². The van der Waals surface area contributed by atoms with Crippen molar-refractivity contribution in [2.24, 2.45) is 5.41 Å². The molecular weight excluding hydrogens is 391 g/mol. The predicted octanol–water partition coefficient (Wildman–Crippen LogP) is 2.28. The highest BCUT2D eigenvalue weighted by molar-refractivity contribution is 6.33. The number of nitrogens with zero attached hydrogens (tertiary/aromatic N) is 2. The third-order valence-electron chi connectivity index (χ3n) is 5.06. The molecule has 3 rings (SSSR count). The largest absolute Gasteiger partial charge is 0.483 e. The zero-order valence-electron chi connectivity index (χ0n) is 15.9. The van der Waals surface area contributed by atoms with E-state index in [2.05, 4.69) is 0 Å². The van der Waals surface area contributed by atoms with Crippen molar-refractivity contribution in [3.63, 3.8) is 0 Å². The van der Waals surface area contributed by atoms with Crippen molar-refractivity contribution in [2.45, 2.75) is 25.4 Å². The van der Waals surface area contributed by atoms with E-state index in [1.165, 1.54) is 12.1 Å². The summed E-state index contributed by atoms with van der Waals surface area (Å²) in [5.41, 5.74) is -0.192.